The van der Waals surface area contributed by atoms with E-state index < -0.39 is 17.8 Å². The fourth-order valence-electron chi connectivity index (χ4n) is 1.06. The second-order valence-electron chi connectivity index (χ2n) is 3.11. The number of hydrogen-bond acceptors (Lipinski definition) is 2. The topological polar surface area (TPSA) is 29.5 Å². The summed E-state index contributed by atoms with van der Waals surface area (Å²) in [5.74, 6) is -0.269. The molecule has 0 bridgehead atoms. The normalized spacial score (nSPS) is 13.6. The van der Waals surface area contributed by atoms with Gasteiger partial charge in [0, 0.05) is 5.33 Å². The molecule has 0 amide bonds. The van der Waals surface area contributed by atoms with Crippen molar-refractivity contribution in [2.45, 2.75) is 12.3 Å². The Morgan fingerprint density at radius 1 is 1.31 bits per heavy atom. The van der Waals surface area contributed by atoms with Gasteiger partial charge in [-0.1, -0.05) is 28.1 Å². The Hall–Kier alpha value is -0.750. The van der Waals surface area contributed by atoms with Crippen LogP contribution in [0.25, 0.3) is 0 Å². The Balaban J connectivity index is 2.80. The molecule has 0 aliphatic carbocycles. The molecule has 16 heavy (non-hydrogen) atoms. The molecule has 0 fully saturated rings. The lowest BCUT2D eigenvalue weighted by Crippen LogP contribution is -2.20. The first-order valence-corrected chi connectivity index (χ1v) is 5.60. The summed E-state index contributed by atoms with van der Waals surface area (Å²) < 4.78 is 42.4. The summed E-state index contributed by atoms with van der Waals surface area (Å²) in [6, 6.07) is 4.90. The Bertz CT molecular complexity index is 341. The van der Waals surface area contributed by atoms with Crippen LogP contribution in [0.4, 0.5) is 13.2 Å². The molecule has 1 N–H and O–H groups in total. The van der Waals surface area contributed by atoms with Gasteiger partial charge in [0.2, 0.25) is 0 Å². The van der Waals surface area contributed by atoms with E-state index in [1.54, 1.807) is 0 Å². The van der Waals surface area contributed by atoms with Crippen molar-refractivity contribution in [3.63, 3.8) is 0 Å². The smallest absolute Gasteiger partial charge is 0.419 e. The van der Waals surface area contributed by atoms with Crippen LogP contribution in [-0.2, 0) is 6.18 Å². The SMILES string of the molecule is OC(CBr)COc1ccccc1C(F)(F)F. The molecule has 2 nitrogen and oxygen atoms in total. The Kier molecular flexibility index (Phi) is 4.61. The summed E-state index contributed by atoms with van der Waals surface area (Å²) in [6.45, 7) is -0.182. The minimum Gasteiger partial charge on any atom is -0.490 e. The highest BCUT2D eigenvalue weighted by Crippen LogP contribution is 2.35. The van der Waals surface area contributed by atoms with Gasteiger partial charge < -0.3 is 9.84 Å². The van der Waals surface area contributed by atoms with Crippen LogP contribution >= 0.6 is 15.9 Å². The van der Waals surface area contributed by atoms with Crippen molar-refractivity contribution in [3.8, 4) is 5.75 Å². The van der Waals surface area contributed by atoms with Gasteiger partial charge in [-0.15, -0.1) is 0 Å². The second-order valence-corrected chi connectivity index (χ2v) is 3.76. The third-order valence-corrected chi connectivity index (χ3v) is 2.55. The van der Waals surface area contributed by atoms with E-state index in [0.717, 1.165) is 6.07 Å². The maximum Gasteiger partial charge on any atom is 0.419 e. The fraction of sp³-hybridized carbons (Fsp3) is 0.400. The van der Waals surface area contributed by atoms with Gasteiger partial charge in [-0.25, -0.2) is 0 Å². The van der Waals surface area contributed by atoms with Crippen LogP contribution in [0.2, 0.25) is 0 Å². The molecule has 0 saturated heterocycles. The molecule has 1 atom stereocenters. The molecular formula is C10H10BrF3O2. The summed E-state index contributed by atoms with van der Waals surface area (Å²) in [4.78, 5) is 0. The molecule has 0 radical (unpaired) electrons. The van der Waals surface area contributed by atoms with Crippen LogP contribution in [0, 0.1) is 0 Å². The highest BCUT2D eigenvalue weighted by atomic mass is 79.9. The number of para-hydroxylation sites is 1. The minimum absolute atomic E-state index is 0.182. The molecule has 0 aliphatic rings. The summed E-state index contributed by atoms with van der Waals surface area (Å²) >= 11 is 2.99. The summed E-state index contributed by atoms with van der Waals surface area (Å²) in [7, 11) is 0. The molecule has 1 aromatic rings. The van der Waals surface area contributed by atoms with E-state index in [9.17, 15) is 13.2 Å². The molecule has 1 rings (SSSR count). The maximum atomic E-state index is 12.5. The van der Waals surface area contributed by atoms with Crippen molar-refractivity contribution in [2.24, 2.45) is 0 Å². The predicted molar refractivity (Wildman–Crippen MR) is 56.7 cm³/mol. The van der Waals surface area contributed by atoms with Crippen molar-refractivity contribution in [1.82, 2.24) is 0 Å². The summed E-state index contributed by atoms with van der Waals surface area (Å²) in [5.41, 5.74) is -0.836. The number of rotatable bonds is 4. The van der Waals surface area contributed by atoms with E-state index in [1.165, 1.54) is 18.2 Å². The predicted octanol–water partition coefficient (Wildman–Crippen LogP) is 2.84. The standard InChI is InChI=1S/C10H10BrF3O2/c11-5-7(15)6-16-9-4-2-1-3-8(9)10(12,13)14/h1-4,7,15H,5-6H2. The Morgan fingerprint density at radius 2 is 1.94 bits per heavy atom. The number of ether oxygens (including phenoxy) is 1. The monoisotopic (exact) mass is 298 g/mol. The van der Waals surface area contributed by atoms with E-state index in [1.807, 2.05) is 0 Å². The Morgan fingerprint density at radius 3 is 2.50 bits per heavy atom. The minimum atomic E-state index is -4.45. The van der Waals surface area contributed by atoms with Gasteiger partial charge in [-0.05, 0) is 12.1 Å². The van der Waals surface area contributed by atoms with Gasteiger partial charge in [0.15, 0.2) is 0 Å². The van der Waals surface area contributed by atoms with Gasteiger partial charge >= 0.3 is 6.18 Å². The third-order valence-electron chi connectivity index (χ3n) is 1.80. The fourth-order valence-corrected chi connectivity index (χ4v) is 1.24. The first-order valence-electron chi connectivity index (χ1n) is 4.48. The average molecular weight is 299 g/mol. The van der Waals surface area contributed by atoms with Crippen molar-refractivity contribution in [1.29, 1.82) is 0 Å². The van der Waals surface area contributed by atoms with Gasteiger partial charge in [0.05, 0.1) is 11.7 Å². The molecule has 0 aromatic heterocycles. The highest BCUT2D eigenvalue weighted by Gasteiger charge is 2.34. The Labute approximate surface area is 99.2 Å². The number of aliphatic hydroxyl groups is 1. The largest absolute Gasteiger partial charge is 0.490 e. The van der Waals surface area contributed by atoms with Crippen LogP contribution in [-0.4, -0.2) is 23.1 Å². The first kappa shape index (κ1) is 13.3. The van der Waals surface area contributed by atoms with Gasteiger partial charge in [-0.2, -0.15) is 13.2 Å². The van der Waals surface area contributed by atoms with Gasteiger partial charge in [-0.3, -0.25) is 0 Å². The summed E-state index contributed by atoms with van der Waals surface area (Å²) in [5, 5.41) is 9.41. The zero-order valence-electron chi connectivity index (χ0n) is 8.17. The van der Waals surface area contributed by atoms with Crippen LogP contribution in [0.15, 0.2) is 24.3 Å². The quantitative estimate of drug-likeness (QED) is 0.866. The van der Waals surface area contributed by atoms with Crippen LogP contribution in [0.1, 0.15) is 5.56 Å². The van der Waals surface area contributed by atoms with E-state index in [2.05, 4.69) is 15.9 Å². The average Bonchev–Trinajstić information content (AvgIpc) is 2.25. The molecule has 1 unspecified atom stereocenters. The lowest BCUT2D eigenvalue weighted by atomic mass is 10.2. The number of hydrogen-bond donors (Lipinski definition) is 1. The maximum absolute atomic E-state index is 12.5. The van der Waals surface area contributed by atoms with Crippen molar-refractivity contribution >= 4 is 15.9 Å². The number of alkyl halides is 4. The van der Waals surface area contributed by atoms with Crippen molar-refractivity contribution in [3.05, 3.63) is 29.8 Å². The summed E-state index contributed by atoms with van der Waals surface area (Å²) in [6.07, 6.45) is -5.28. The third kappa shape index (κ3) is 3.68. The van der Waals surface area contributed by atoms with Crippen LogP contribution in [0.3, 0.4) is 0 Å². The lowest BCUT2D eigenvalue weighted by Gasteiger charge is -2.15. The highest BCUT2D eigenvalue weighted by molar-refractivity contribution is 9.09. The number of aliphatic hydroxyl groups excluding tert-OH is 1. The molecule has 90 valence electrons. The molecule has 0 heterocycles. The second kappa shape index (κ2) is 5.54. The number of benzene rings is 1. The first-order chi connectivity index (χ1) is 7.45. The molecule has 0 saturated carbocycles. The van der Waals surface area contributed by atoms with Gasteiger partial charge in [0.25, 0.3) is 0 Å². The van der Waals surface area contributed by atoms with Crippen LogP contribution in [0.5, 0.6) is 5.75 Å². The lowest BCUT2D eigenvalue weighted by molar-refractivity contribution is -0.139. The zero-order chi connectivity index (χ0) is 12.2. The van der Waals surface area contributed by atoms with E-state index >= 15 is 0 Å². The van der Waals surface area contributed by atoms with E-state index in [0.29, 0.717) is 0 Å². The molecule has 0 spiro atoms. The van der Waals surface area contributed by atoms with Crippen LogP contribution < -0.4 is 4.74 Å². The van der Waals surface area contributed by atoms with E-state index in [4.69, 9.17) is 9.84 Å². The van der Waals surface area contributed by atoms with Crippen molar-refractivity contribution in [2.75, 3.05) is 11.9 Å². The van der Waals surface area contributed by atoms with Crippen molar-refractivity contribution < 1.29 is 23.0 Å². The molecule has 1 aromatic carbocycles. The number of halogens is 4. The van der Waals surface area contributed by atoms with E-state index in [-0.39, 0.29) is 17.7 Å². The van der Waals surface area contributed by atoms with Gasteiger partial charge in [0.1, 0.15) is 12.4 Å². The zero-order valence-corrected chi connectivity index (χ0v) is 9.75. The molecular weight excluding hydrogens is 289 g/mol. The molecule has 0 aliphatic heterocycles. The molecule has 6 heteroatoms.